The second-order valence-electron chi connectivity index (χ2n) is 3.38. The van der Waals surface area contributed by atoms with Gasteiger partial charge in [-0.15, -0.1) is 0 Å². The van der Waals surface area contributed by atoms with E-state index in [1.807, 2.05) is 6.92 Å². The zero-order chi connectivity index (χ0) is 9.30. The molecule has 1 aromatic carbocycles. The van der Waals surface area contributed by atoms with Crippen molar-refractivity contribution in [1.82, 2.24) is 0 Å². The van der Waals surface area contributed by atoms with E-state index in [1.54, 1.807) is 0 Å². The molecule has 1 heteroatoms. The molecular formula is C11H15N. The van der Waals surface area contributed by atoms with Crippen molar-refractivity contribution in [1.29, 1.82) is 5.41 Å². The fourth-order valence-electron chi connectivity index (χ4n) is 1.36. The first kappa shape index (κ1) is 8.98. The molecule has 0 radical (unpaired) electrons. The quantitative estimate of drug-likeness (QED) is 0.612. The molecule has 1 aromatic rings. The lowest BCUT2D eigenvalue weighted by molar-refractivity contribution is 1.28. The van der Waals surface area contributed by atoms with Crippen LogP contribution in [0.15, 0.2) is 12.1 Å². The van der Waals surface area contributed by atoms with Crippen molar-refractivity contribution in [3.8, 4) is 0 Å². The van der Waals surface area contributed by atoms with Gasteiger partial charge in [0.05, 0.1) is 0 Å². The number of aryl methyl sites for hydroxylation is 3. The number of nitrogens with one attached hydrogen (secondary N) is 1. The molecule has 0 aliphatic rings. The lowest BCUT2D eigenvalue weighted by Gasteiger charge is -2.07. The maximum absolute atomic E-state index is 7.54. The van der Waals surface area contributed by atoms with Crippen molar-refractivity contribution >= 4 is 5.71 Å². The Balaban J connectivity index is 3.33. The van der Waals surface area contributed by atoms with Crippen LogP contribution in [0.3, 0.4) is 0 Å². The molecule has 12 heavy (non-hydrogen) atoms. The van der Waals surface area contributed by atoms with Gasteiger partial charge in [0, 0.05) is 5.71 Å². The van der Waals surface area contributed by atoms with Gasteiger partial charge in [0.25, 0.3) is 0 Å². The van der Waals surface area contributed by atoms with Gasteiger partial charge in [0.15, 0.2) is 0 Å². The molecule has 0 unspecified atom stereocenters. The Hall–Kier alpha value is -1.11. The van der Waals surface area contributed by atoms with Crippen LogP contribution in [0.2, 0.25) is 0 Å². The molecule has 1 nitrogen and oxygen atoms in total. The molecule has 64 valence electrons. The molecule has 0 fully saturated rings. The van der Waals surface area contributed by atoms with Gasteiger partial charge in [-0.2, -0.15) is 0 Å². The van der Waals surface area contributed by atoms with Gasteiger partial charge in [-0.05, 0) is 56.0 Å². The minimum absolute atomic E-state index is 0.649. The van der Waals surface area contributed by atoms with E-state index >= 15 is 0 Å². The first-order chi connectivity index (χ1) is 5.52. The molecule has 0 bridgehead atoms. The predicted molar refractivity (Wildman–Crippen MR) is 53.2 cm³/mol. The van der Waals surface area contributed by atoms with E-state index in [-0.39, 0.29) is 0 Å². The maximum Gasteiger partial charge on any atom is 0.0357 e. The summed E-state index contributed by atoms with van der Waals surface area (Å²) in [6, 6.07) is 4.23. The highest BCUT2D eigenvalue weighted by molar-refractivity contribution is 5.97. The third-order valence-electron chi connectivity index (χ3n) is 2.24. The fraction of sp³-hybridized carbons (Fsp3) is 0.364. The van der Waals surface area contributed by atoms with Gasteiger partial charge >= 0.3 is 0 Å². The molecule has 0 amide bonds. The van der Waals surface area contributed by atoms with Crippen molar-refractivity contribution in [3.63, 3.8) is 0 Å². The molecule has 0 saturated heterocycles. The Labute approximate surface area is 73.9 Å². The van der Waals surface area contributed by atoms with Gasteiger partial charge in [-0.3, -0.25) is 0 Å². The summed E-state index contributed by atoms with van der Waals surface area (Å²) in [4.78, 5) is 0. The van der Waals surface area contributed by atoms with Crippen LogP contribution in [0.5, 0.6) is 0 Å². The fourth-order valence-corrected chi connectivity index (χ4v) is 1.36. The Morgan fingerprint density at radius 1 is 1.00 bits per heavy atom. The van der Waals surface area contributed by atoms with Crippen LogP contribution in [-0.4, -0.2) is 5.71 Å². The summed E-state index contributed by atoms with van der Waals surface area (Å²) >= 11 is 0. The predicted octanol–water partition coefficient (Wildman–Crippen LogP) is 3.00. The second-order valence-corrected chi connectivity index (χ2v) is 3.38. The third kappa shape index (κ3) is 1.55. The van der Waals surface area contributed by atoms with E-state index < -0.39 is 0 Å². The zero-order valence-electron chi connectivity index (χ0n) is 8.15. The van der Waals surface area contributed by atoms with Crippen LogP contribution < -0.4 is 0 Å². The number of benzene rings is 1. The Kier molecular flexibility index (Phi) is 2.32. The van der Waals surface area contributed by atoms with Crippen molar-refractivity contribution in [2.45, 2.75) is 27.7 Å². The third-order valence-corrected chi connectivity index (χ3v) is 2.24. The second kappa shape index (κ2) is 3.10. The molecule has 0 spiro atoms. The van der Waals surface area contributed by atoms with E-state index in [0.717, 1.165) is 5.56 Å². The summed E-state index contributed by atoms with van der Waals surface area (Å²) in [5, 5.41) is 7.54. The standard InChI is InChI=1S/C11H15N/c1-7-5-9(3)11(10(4)12)6-8(7)2/h5-6,12H,1-4H3. The van der Waals surface area contributed by atoms with Crippen LogP contribution in [0, 0.1) is 26.2 Å². The van der Waals surface area contributed by atoms with Crippen LogP contribution in [0.25, 0.3) is 0 Å². The highest BCUT2D eigenvalue weighted by Crippen LogP contribution is 2.15. The zero-order valence-corrected chi connectivity index (χ0v) is 8.15. The first-order valence-corrected chi connectivity index (χ1v) is 4.15. The monoisotopic (exact) mass is 161 g/mol. The minimum Gasteiger partial charge on any atom is -0.305 e. The number of rotatable bonds is 1. The summed E-state index contributed by atoms with van der Waals surface area (Å²) in [5.41, 5.74) is 5.49. The van der Waals surface area contributed by atoms with Crippen molar-refractivity contribution in [3.05, 3.63) is 34.4 Å². The van der Waals surface area contributed by atoms with E-state index in [0.29, 0.717) is 5.71 Å². The number of hydrogen-bond donors (Lipinski definition) is 1. The SMILES string of the molecule is CC(=N)c1cc(C)c(C)cc1C. The Morgan fingerprint density at radius 3 is 2.00 bits per heavy atom. The smallest absolute Gasteiger partial charge is 0.0357 e. The summed E-state index contributed by atoms with van der Waals surface area (Å²) < 4.78 is 0. The number of hydrogen-bond acceptors (Lipinski definition) is 1. The lowest BCUT2D eigenvalue weighted by Crippen LogP contribution is -1.98. The van der Waals surface area contributed by atoms with Crippen molar-refractivity contribution in [2.75, 3.05) is 0 Å². The van der Waals surface area contributed by atoms with E-state index in [9.17, 15) is 0 Å². The largest absolute Gasteiger partial charge is 0.305 e. The van der Waals surface area contributed by atoms with Crippen LogP contribution in [0.1, 0.15) is 29.2 Å². The van der Waals surface area contributed by atoms with E-state index in [1.165, 1.54) is 16.7 Å². The average molecular weight is 161 g/mol. The van der Waals surface area contributed by atoms with Crippen LogP contribution >= 0.6 is 0 Å². The van der Waals surface area contributed by atoms with Gasteiger partial charge in [-0.25, -0.2) is 0 Å². The summed E-state index contributed by atoms with van der Waals surface area (Å²) in [6.45, 7) is 8.07. The Morgan fingerprint density at radius 2 is 1.50 bits per heavy atom. The molecular weight excluding hydrogens is 146 g/mol. The van der Waals surface area contributed by atoms with Crippen molar-refractivity contribution < 1.29 is 0 Å². The highest BCUT2D eigenvalue weighted by Gasteiger charge is 2.02. The van der Waals surface area contributed by atoms with Crippen LogP contribution in [-0.2, 0) is 0 Å². The van der Waals surface area contributed by atoms with Gasteiger partial charge in [-0.1, -0.05) is 6.07 Å². The summed E-state index contributed by atoms with van der Waals surface area (Å²) in [7, 11) is 0. The minimum atomic E-state index is 0.649. The molecule has 0 aromatic heterocycles. The van der Waals surface area contributed by atoms with Gasteiger partial charge in [0.1, 0.15) is 0 Å². The normalized spacial score (nSPS) is 10.0. The topological polar surface area (TPSA) is 23.9 Å². The molecule has 0 saturated carbocycles. The summed E-state index contributed by atoms with van der Waals surface area (Å²) in [6.07, 6.45) is 0. The van der Waals surface area contributed by atoms with Crippen LogP contribution in [0.4, 0.5) is 0 Å². The average Bonchev–Trinajstić information content (AvgIpc) is 1.96. The Bertz CT molecular complexity index is 324. The molecule has 0 aliphatic heterocycles. The molecule has 0 heterocycles. The maximum atomic E-state index is 7.54. The summed E-state index contributed by atoms with van der Waals surface area (Å²) in [5.74, 6) is 0. The molecule has 0 atom stereocenters. The molecule has 0 aliphatic carbocycles. The van der Waals surface area contributed by atoms with E-state index in [4.69, 9.17) is 5.41 Å². The molecule has 1 N–H and O–H groups in total. The lowest BCUT2D eigenvalue weighted by atomic mass is 9.98. The molecule has 1 rings (SSSR count). The van der Waals surface area contributed by atoms with E-state index in [2.05, 4.69) is 32.9 Å². The highest BCUT2D eigenvalue weighted by atomic mass is 14.4. The first-order valence-electron chi connectivity index (χ1n) is 4.15. The van der Waals surface area contributed by atoms with Gasteiger partial charge in [0.2, 0.25) is 0 Å². The van der Waals surface area contributed by atoms with Crippen molar-refractivity contribution in [2.24, 2.45) is 0 Å². The van der Waals surface area contributed by atoms with Gasteiger partial charge < -0.3 is 5.41 Å².